The summed E-state index contributed by atoms with van der Waals surface area (Å²) in [4.78, 5) is 1.40. The summed E-state index contributed by atoms with van der Waals surface area (Å²) in [5.41, 5.74) is 1.86. The monoisotopic (exact) mass is 580 g/mol. The van der Waals surface area contributed by atoms with Gasteiger partial charge in [-0.3, -0.25) is 8.42 Å². The highest BCUT2D eigenvalue weighted by atomic mass is 32.2. The fourth-order valence-corrected chi connectivity index (χ4v) is 6.92. The van der Waals surface area contributed by atoms with E-state index in [4.69, 9.17) is 18.9 Å². The normalized spacial score (nSPS) is 13.6. The van der Waals surface area contributed by atoms with Crippen LogP contribution in [0.15, 0.2) is 107 Å². The van der Waals surface area contributed by atoms with E-state index in [0.717, 1.165) is 22.6 Å². The number of hydrogen-bond acceptors (Lipinski definition) is 6. The van der Waals surface area contributed by atoms with Crippen molar-refractivity contribution in [1.82, 2.24) is 0 Å². The number of rotatable bonds is 10. The fourth-order valence-electron chi connectivity index (χ4n) is 4.19. The molecule has 0 aliphatic carbocycles. The van der Waals surface area contributed by atoms with Gasteiger partial charge in [0.25, 0.3) is 0 Å². The van der Waals surface area contributed by atoms with Crippen LogP contribution in [0.1, 0.15) is 35.5 Å². The van der Waals surface area contributed by atoms with Crippen LogP contribution in [0.4, 0.5) is 0 Å². The highest BCUT2D eigenvalue weighted by molar-refractivity contribution is 7.85. The van der Waals surface area contributed by atoms with Gasteiger partial charge in [0.15, 0.2) is 0 Å². The van der Waals surface area contributed by atoms with Crippen molar-refractivity contribution in [3.05, 3.63) is 108 Å². The molecule has 4 aromatic rings. The van der Waals surface area contributed by atoms with Crippen molar-refractivity contribution in [3.8, 4) is 23.0 Å². The second-order valence-electron chi connectivity index (χ2n) is 8.66. The third kappa shape index (κ3) is 7.31. The van der Waals surface area contributed by atoms with Crippen LogP contribution < -0.4 is 18.9 Å². The van der Waals surface area contributed by atoms with E-state index in [-0.39, 0.29) is 10.5 Å². The molecule has 0 amide bonds. The van der Waals surface area contributed by atoms with E-state index in [2.05, 4.69) is 0 Å². The number of para-hydroxylation sites is 4. The number of ether oxygens (including phenoxy) is 4. The molecular weight excluding hydrogens is 544 g/mol. The average molecular weight is 581 g/mol. The second kappa shape index (κ2) is 15.2. The van der Waals surface area contributed by atoms with E-state index in [9.17, 15) is 8.42 Å². The van der Waals surface area contributed by atoms with Gasteiger partial charge in [-0.1, -0.05) is 60.7 Å². The van der Waals surface area contributed by atoms with Gasteiger partial charge in [0.2, 0.25) is 0 Å². The summed E-state index contributed by atoms with van der Waals surface area (Å²) in [7, 11) is 4.00. The second-order valence-corrected chi connectivity index (χ2v) is 12.1. The molecule has 0 fully saturated rings. The topological polar surface area (TPSA) is 71.1 Å². The molecular formula is C32H36O6S2. The van der Waals surface area contributed by atoms with E-state index in [1.54, 1.807) is 28.4 Å². The zero-order valence-corrected chi connectivity index (χ0v) is 25.3. The molecule has 0 saturated heterocycles. The Balaban J connectivity index is 0.000000220. The smallest absolute Gasteiger partial charge is 0.134 e. The Kier molecular flexibility index (Phi) is 11.8. The van der Waals surface area contributed by atoms with Gasteiger partial charge >= 0.3 is 0 Å². The molecule has 40 heavy (non-hydrogen) atoms. The molecule has 0 bridgehead atoms. The van der Waals surface area contributed by atoms with E-state index in [1.165, 1.54) is 0 Å². The van der Waals surface area contributed by atoms with Crippen molar-refractivity contribution < 1.29 is 27.4 Å². The number of hydrogen-bond donors (Lipinski definition) is 0. The molecule has 6 nitrogen and oxygen atoms in total. The van der Waals surface area contributed by atoms with Gasteiger partial charge in [0, 0.05) is 11.1 Å². The molecule has 0 aliphatic rings. The summed E-state index contributed by atoms with van der Waals surface area (Å²) in [6.45, 7) is 3.86. The minimum atomic E-state index is -1.21. The van der Waals surface area contributed by atoms with Crippen molar-refractivity contribution in [2.45, 2.75) is 34.1 Å². The zero-order valence-electron chi connectivity index (χ0n) is 23.7. The van der Waals surface area contributed by atoms with Gasteiger partial charge in [-0.05, 0) is 50.2 Å². The first kappa shape index (κ1) is 30.9. The summed E-state index contributed by atoms with van der Waals surface area (Å²) in [5, 5.41) is -0.357. The molecule has 0 spiro atoms. The van der Waals surface area contributed by atoms with Gasteiger partial charge in [-0.15, -0.1) is 0 Å². The molecule has 8 heteroatoms. The highest BCUT2D eigenvalue weighted by Gasteiger charge is 2.22. The van der Waals surface area contributed by atoms with Gasteiger partial charge in [-0.25, -0.2) is 0 Å². The van der Waals surface area contributed by atoms with Crippen molar-refractivity contribution >= 4 is 21.6 Å². The molecule has 0 aliphatic heterocycles. The van der Waals surface area contributed by atoms with Crippen molar-refractivity contribution in [2.24, 2.45) is 0 Å². The SMILES string of the molecule is COc1ccccc1[C@@H](C)[S@](=O)c1ccccc1OC.COc1ccccc1[C@H](C)[S@@](=O)c1ccccc1OC. The van der Waals surface area contributed by atoms with Crippen LogP contribution in [0.5, 0.6) is 23.0 Å². The van der Waals surface area contributed by atoms with E-state index >= 15 is 0 Å². The molecule has 0 aromatic heterocycles. The summed E-state index contributed by atoms with van der Waals surface area (Å²) < 4.78 is 46.8. The minimum absolute atomic E-state index is 0.178. The third-order valence-corrected chi connectivity index (χ3v) is 9.70. The van der Waals surface area contributed by atoms with Crippen LogP contribution >= 0.6 is 0 Å². The maximum Gasteiger partial charge on any atom is 0.134 e. The Hall–Kier alpha value is -3.62. The molecule has 0 N–H and O–H groups in total. The summed E-state index contributed by atoms with van der Waals surface area (Å²) >= 11 is 0. The van der Waals surface area contributed by atoms with E-state index in [0.29, 0.717) is 21.3 Å². The maximum absolute atomic E-state index is 12.8. The Morgan fingerprint density at radius 2 is 0.725 bits per heavy atom. The van der Waals surface area contributed by atoms with Gasteiger partial charge < -0.3 is 18.9 Å². The van der Waals surface area contributed by atoms with Crippen LogP contribution in [0.3, 0.4) is 0 Å². The highest BCUT2D eigenvalue weighted by Crippen LogP contribution is 2.35. The largest absolute Gasteiger partial charge is 0.496 e. The van der Waals surface area contributed by atoms with Crippen LogP contribution in [-0.2, 0) is 21.6 Å². The van der Waals surface area contributed by atoms with Gasteiger partial charge in [0.1, 0.15) is 23.0 Å². The Bertz CT molecular complexity index is 1330. The van der Waals surface area contributed by atoms with Crippen molar-refractivity contribution in [1.29, 1.82) is 0 Å². The van der Waals surface area contributed by atoms with Gasteiger partial charge in [-0.2, -0.15) is 0 Å². The van der Waals surface area contributed by atoms with E-state index < -0.39 is 21.6 Å². The molecule has 0 heterocycles. The van der Waals surface area contributed by atoms with Crippen LogP contribution in [-0.4, -0.2) is 36.9 Å². The summed E-state index contributed by atoms with van der Waals surface area (Å²) in [6.07, 6.45) is 0. The third-order valence-electron chi connectivity index (χ3n) is 6.37. The molecule has 4 rings (SSSR count). The Morgan fingerprint density at radius 3 is 1.05 bits per heavy atom. The molecule has 212 valence electrons. The minimum Gasteiger partial charge on any atom is -0.496 e. The Labute approximate surface area is 242 Å². The van der Waals surface area contributed by atoms with Crippen LogP contribution in [0.2, 0.25) is 0 Å². The first-order valence-electron chi connectivity index (χ1n) is 12.7. The zero-order chi connectivity index (χ0) is 29.1. The fraction of sp³-hybridized carbons (Fsp3) is 0.250. The number of methoxy groups -OCH3 is 4. The first-order chi connectivity index (χ1) is 19.4. The molecule has 0 radical (unpaired) electrons. The first-order valence-corrected chi connectivity index (χ1v) is 15.1. The predicted molar refractivity (Wildman–Crippen MR) is 162 cm³/mol. The van der Waals surface area contributed by atoms with E-state index in [1.807, 2.05) is 111 Å². The molecule has 0 saturated carbocycles. The molecule has 4 atom stereocenters. The van der Waals surface area contributed by atoms with Crippen LogP contribution in [0.25, 0.3) is 0 Å². The molecule has 4 aromatic carbocycles. The molecule has 0 unspecified atom stereocenters. The predicted octanol–water partition coefficient (Wildman–Crippen LogP) is 7.15. The number of benzene rings is 4. The van der Waals surface area contributed by atoms with Crippen LogP contribution in [0, 0.1) is 0 Å². The maximum atomic E-state index is 12.8. The van der Waals surface area contributed by atoms with Gasteiger partial charge in [0.05, 0.1) is 70.3 Å². The quantitative estimate of drug-likeness (QED) is 0.198. The lowest BCUT2D eigenvalue weighted by Crippen LogP contribution is -2.06. The lowest BCUT2D eigenvalue weighted by atomic mass is 10.1. The summed E-state index contributed by atoms with van der Waals surface area (Å²) in [6, 6.07) is 30.1. The average Bonchev–Trinajstić information content (AvgIpc) is 3.03. The lowest BCUT2D eigenvalue weighted by molar-refractivity contribution is 0.403. The lowest BCUT2D eigenvalue weighted by Gasteiger charge is -2.16. The Morgan fingerprint density at radius 1 is 0.450 bits per heavy atom. The summed E-state index contributed by atoms with van der Waals surface area (Å²) in [5.74, 6) is 2.80. The van der Waals surface area contributed by atoms with Crippen molar-refractivity contribution in [3.63, 3.8) is 0 Å². The van der Waals surface area contributed by atoms with Crippen molar-refractivity contribution in [2.75, 3.05) is 28.4 Å². The standard InChI is InChI=1S/2C16H18O3S/c2*1-12(13-8-4-5-9-14(13)18-2)20(17)16-11-7-6-10-15(16)19-3/h2*4-12H,1-3H3/t2*12-,20+/m10/s1.